The summed E-state index contributed by atoms with van der Waals surface area (Å²) in [6.07, 6.45) is 1.89. The van der Waals surface area contributed by atoms with Gasteiger partial charge in [0.25, 0.3) is 0 Å². The summed E-state index contributed by atoms with van der Waals surface area (Å²) in [5.74, 6) is 1.35. The summed E-state index contributed by atoms with van der Waals surface area (Å²) >= 11 is 0. The molecule has 1 aliphatic rings. The molecule has 1 N–H and O–H groups in total. The average molecular weight is 269 g/mol. The van der Waals surface area contributed by atoms with Crippen molar-refractivity contribution in [2.75, 3.05) is 25.7 Å². The monoisotopic (exact) mass is 269 g/mol. The highest BCUT2D eigenvalue weighted by molar-refractivity contribution is 7.90. The number of sulfone groups is 1. The van der Waals surface area contributed by atoms with Crippen molar-refractivity contribution in [2.24, 2.45) is 0 Å². The Kier molecular flexibility index (Phi) is 3.92. The van der Waals surface area contributed by atoms with Crippen molar-refractivity contribution < 1.29 is 13.2 Å². The molecule has 2 rings (SSSR count). The van der Waals surface area contributed by atoms with E-state index < -0.39 is 9.84 Å². The minimum atomic E-state index is -2.92. The van der Waals surface area contributed by atoms with Gasteiger partial charge in [0.15, 0.2) is 0 Å². The van der Waals surface area contributed by atoms with Crippen molar-refractivity contribution in [3.05, 3.63) is 29.8 Å². The van der Waals surface area contributed by atoms with Gasteiger partial charge in [0.05, 0.1) is 12.4 Å². The number of benzene rings is 1. The largest absolute Gasteiger partial charge is 0.493 e. The van der Waals surface area contributed by atoms with E-state index in [0.29, 0.717) is 13.0 Å². The van der Waals surface area contributed by atoms with E-state index in [0.717, 1.165) is 5.75 Å². The van der Waals surface area contributed by atoms with Crippen LogP contribution in [0, 0.1) is 0 Å². The summed E-state index contributed by atoms with van der Waals surface area (Å²) in [7, 11) is -1.05. The van der Waals surface area contributed by atoms with E-state index >= 15 is 0 Å². The molecule has 100 valence electrons. The third-order valence-electron chi connectivity index (χ3n) is 3.39. The van der Waals surface area contributed by atoms with Gasteiger partial charge in [-0.05, 0) is 19.5 Å². The molecule has 0 fully saturated rings. The predicted molar refractivity (Wildman–Crippen MR) is 71.9 cm³/mol. The molecule has 2 unspecified atom stereocenters. The molecule has 0 aromatic heterocycles. The van der Waals surface area contributed by atoms with Crippen LogP contribution in [0.1, 0.15) is 17.9 Å². The molecule has 1 aromatic carbocycles. The highest BCUT2D eigenvalue weighted by Crippen LogP contribution is 2.36. The third-order valence-corrected chi connectivity index (χ3v) is 4.37. The molecular weight excluding hydrogens is 250 g/mol. The van der Waals surface area contributed by atoms with Crippen molar-refractivity contribution in [3.8, 4) is 5.75 Å². The Morgan fingerprint density at radius 3 is 2.83 bits per heavy atom. The first-order valence-corrected chi connectivity index (χ1v) is 8.14. The van der Waals surface area contributed by atoms with Gasteiger partial charge in [-0.2, -0.15) is 0 Å². The molecule has 0 amide bonds. The quantitative estimate of drug-likeness (QED) is 0.872. The first-order chi connectivity index (χ1) is 8.51. The molecule has 0 aliphatic carbocycles. The molecule has 0 saturated carbocycles. The van der Waals surface area contributed by atoms with Gasteiger partial charge in [0.2, 0.25) is 0 Å². The predicted octanol–water partition coefficient (Wildman–Crippen LogP) is 1.19. The van der Waals surface area contributed by atoms with E-state index in [2.05, 4.69) is 11.4 Å². The summed E-state index contributed by atoms with van der Waals surface area (Å²) in [6.45, 7) is 0.620. The fourth-order valence-electron chi connectivity index (χ4n) is 2.41. The maximum atomic E-state index is 11.3. The lowest BCUT2D eigenvalue weighted by Crippen LogP contribution is -2.34. The highest BCUT2D eigenvalue weighted by Gasteiger charge is 2.30. The number of fused-ring (bicyclic) bond motifs is 1. The SMILES string of the molecule is CNC(CCS(C)(=O)=O)C1COc2ccccc21. The van der Waals surface area contributed by atoms with Crippen molar-refractivity contribution in [2.45, 2.75) is 18.4 Å². The molecule has 0 saturated heterocycles. The lowest BCUT2D eigenvalue weighted by Gasteiger charge is -2.21. The molecule has 18 heavy (non-hydrogen) atoms. The second-order valence-corrected chi connectivity index (χ2v) is 7.03. The van der Waals surface area contributed by atoms with E-state index in [1.165, 1.54) is 11.8 Å². The molecule has 0 bridgehead atoms. The highest BCUT2D eigenvalue weighted by atomic mass is 32.2. The van der Waals surface area contributed by atoms with Gasteiger partial charge in [-0.1, -0.05) is 18.2 Å². The second-order valence-electron chi connectivity index (χ2n) is 4.77. The summed E-state index contributed by atoms with van der Waals surface area (Å²) < 4.78 is 28.1. The Balaban J connectivity index is 2.11. The molecule has 1 aromatic rings. The van der Waals surface area contributed by atoms with Crippen LogP contribution in [0.2, 0.25) is 0 Å². The van der Waals surface area contributed by atoms with E-state index in [1.54, 1.807) is 0 Å². The number of likely N-dealkylation sites (N-methyl/N-ethyl adjacent to an activating group) is 1. The van der Waals surface area contributed by atoms with E-state index in [4.69, 9.17) is 4.74 Å². The number of hydrogen-bond donors (Lipinski definition) is 1. The normalized spacial score (nSPS) is 20.2. The Labute approximate surface area is 108 Å². The summed E-state index contributed by atoms with van der Waals surface area (Å²) in [6, 6.07) is 8.08. The molecule has 1 aliphatic heterocycles. The van der Waals surface area contributed by atoms with Gasteiger partial charge in [-0.15, -0.1) is 0 Å². The van der Waals surface area contributed by atoms with Crippen molar-refractivity contribution in [1.29, 1.82) is 0 Å². The molecule has 4 nitrogen and oxygen atoms in total. The van der Waals surface area contributed by atoms with Crippen LogP contribution in [0.3, 0.4) is 0 Å². The van der Waals surface area contributed by atoms with Crippen LogP contribution in [-0.2, 0) is 9.84 Å². The number of rotatable bonds is 5. The van der Waals surface area contributed by atoms with Gasteiger partial charge < -0.3 is 10.1 Å². The molecule has 1 heterocycles. The Bertz CT molecular complexity index is 513. The van der Waals surface area contributed by atoms with Gasteiger partial charge in [-0.25, -0.2) is 8.42 Å². The zero-order valence-corrected chi connectivity index (χ0v) is 11.5. The van der Waals surface area contributed by atoms with Crippen LogP contribution in [0.25, 0.3) is 0 Å². The van der Waals surface area contributed by atoms with Gasteiger partial charge in [0.1, 0.15) is 15.6 Å². The molecule has 5 heteroatoms. The van der Waals surface area contributed by atoms with Crippen molar-refractivity contribution in [1.82, 2.24) is 5.32 Å². The molecule has 2 atom stereocenters. The smallest absolute Gasteiger partial charge is 0.147 e. The minimum Gasteiger partial charge on any atom is -0.493 e. The zero-order valence-electron chi connectivity index (χ0n) is 10.7. The van der Waals surface area contributed by atoms with Crippen LogP contribution in [0.4, 0.5) is 0 Å². The lowest BCUT2D eigenvalue weighted by atomic mass is 9.92. The number of nitrogens with one attached hydrogen (secondary N) is 1. The van der Waals surface area contributed by atoms with E-state index in [9.17, 15) is 8.42 Å². The van der Waals surface area contributed by atoms with Crippen molar-refractivity contribution >= 4 is 9.84 Å². The number of ether oxygens (including phenoxy) is 1. The number of para-hydroxylation sites is 1. The lowest BCUT2D eigenvalue weighted by molar-refractivity contribution is 0.300. The fourth-order valence-corrected chi connectivity index (χ4v) is 3.09. The van der Waals surface area contributed by atoms with Crippen LogP contribution in [0.15, 0.2) is 24.3 Å². The first-order valence-electron chi connectivity index (χ1n) is 6.08. The maximum Gasteiger partial charge on any atom is 0.147 e. The molecular formula is C13H19NO3S. The van der Waals surface area contributed by atoms with E-state index in [-0.39, 0.29) is 17.7 Å². The number of hydrogen-bond acceptors (Lipinski definition) is 4. The molecule has 0 radical (unpaired) electrons. The topological polar surface area (TPSA) is 55.4 Å². The summed E-state index contributed by atoms with van der Waals surface area (Å²) in [4.78, 5) is 0. The standard InChI is InChI=1S/C13H19NO3S/c1-14-12(7-8-18(2,15)16)11-9-17-13-6-4-3-5-10(11)13/h3-6,11-12,14H,7-9H2,1-2H3. The minimum absolute atomic E-state index is 0.128. The van der Waals surface area contributed by atoms with Gasteiger partial charge in [0, 0.05) is 23.8 Å². The van der Waals surface area contributed by atoms with Crippen LogP contribution < -0.4 is 10.1 Å². The third kappa shape index (κ3) is 3.03. The van der Waals surface area contributed by atoms with Crippen LogP contribution in [0.5, 0.6) is 5.75 Å². The Morgan fingerprint density at radius 1 is 1.44 bits per heavy atom. The second kappa shape index (κ2) is 5.28. The Hall–Kier alpha value is -1.07. The van der Waals surface area contributed by atoms with Crippen LogP contribution >= 0.6 is 0 Å². The first kappa shape index (κ1) is 13.4. The van der Waals surface area contributed by atoms with Gasteiger partial charge in [-0.3, -0.25) is 0 Å². The maximum absolute atomic E-state index is 11.3. The van der Waals surface area contributed by atoms with Crippen molar-refractivity contribution in [3.63, 3.8) is 0 Å². The van der Waals surface area contributed by atoms with Gasteiger partial charge >= 0.3 is 0 Å². The zero-order chi connectivity index (χ0) is 13.2. The summed E-state index contributed by atoms with van der Waals surface area (Å²) in [5, 5.41) is 3.21. The average Bonchev–Trinajstić information content (AvgIpc) is 2.73. The Morgan fingerprint density at radius 2 is 2.17 bits per heavy atom. The van der Waals surface area contributed by atoms with E-state index in [1.807, 2.05) is 25.2 Å². The summed E-state index contributed by atoms with van der Waals surface area (Å²) in [5.41, 5.74) is 1.17. The molecule has 0 spiro atoms. The van der Waals surface area contributed by atoms with Crippen LogP contribution in [-0.4, -0.2) is 40.1 Å². The fraction of sp³-hybridized carbons (Fsp3) is 0.538.